The fourth-order valence-electron chi connectivity index (χ4n) is 10.2. The van der Waals surface area contributed by atoms with Gasteiger partial charge < -0.3 is 4.90 Å². The lowest BCUT2D eigenvalue weighted by Gasteiger charge is -2.45. The van der Waals surface area contributed by atoms with Crippen molar-refractivity contribution >= 4 is 78.1 Å². The number of thiophene rings is 1. The average molecular weight is 912 g/mol. The van der Waals surface area contributed by atoms with Gasteiger partial charge in [-0.2, -0.15) is 0 Å². The lowest BCUT2D eigenvalue weighted by Crippen LogP contribution is -2.61. The normalized spacial score (nSPS) is 18.6. The lowest BCUT2D eigenvalue weighted by atomic mass is 9.36. The minimum absolute atomic E-state index is 0.0565. The van der Waals surface area contributed by atoms with Crippen LogP contribution in [-0.4, -0.2) is 11.7 Å². The number of hydrogen-bond acceptors (Lipinski definition) is 4. The van der Waals surface area contributed by atoms with Gasteiger partial charge in [0.2, 0.25) is 0 Å². The Kier molecular flexibility index (Phi) is 7.82. The average Bonchev–Trinajstić information content (AvgIpc) is 3.93. The van der Waals surface area contributed by atoms with E-state index in [2.05, 4.69) is 89.8 Å². The molecule has 344 valence electrons. The monoisotopic (exact) mass is 912 g/mol. The zero-order chi connectivity index (χ0) is 56.8. The molecule has 5 heteroatoms. The molecule has 2 aromatic heterocycles. The molecule has 0 unspecified atom stereocenters. The molecule has 4 heterocycles. The Bertz CT molecular complexity index is 3710. The molecule has 0 spiro atoms. The first kappa shape index (κ1) is 35.1. The zero-order valence-electron chi connectivity index (χ0n) is 52.8. The molecular weight excluding hydrogens is 830 g/mol. The van der Waals surface area contributed by atoms with Crippen LogP contribution in [0.5, 0.6) is 0 Å². The molecule has 0 N–H and O–H groups in total. The minimum Gasteiger partial charge on any atom is -0.311 e. The maximum Gasteiger partial charge on any atom is 0.266 e. The Balaban J connectivity index is 1.44. The molecule has 0 saturated heterocycles. The van der Waals surface area contributed by atoms with Gasteiger partial charge in [0.05, 0.1) is 25.1 Å². The second-order valence-corrected chi connectivity index (χ2v) is 26.0. The van der Waals surface area contributed by atoms with Crippen LogP contribution in [0.1, 0.15) is 176 Å². The minimum atomic E-state index is -0.896. The maximum atomic E-state index is 10.6. The Hall–Kier alpha value is -5.13. The molecule has 7 aromatic rings. The van der Waals surface area contributed by atoms with Crippen molar-refractivity contribution in [1.29, 1.82) is 0 Å². The van der Waals surface area contributed by atoms with Crippen molar-refractivity contribution in [2.24, 2.45) is 0 Å². The van der Waals surface area contributed by atoms with Gasteiger partial charge >= 0.3 is 0 Å². The molecule has 67 heavy (non-hydrogen) atoms. The highest BCUT2D eigenvalue weighted by Gasteiger charge is 2.48. The van der Waals surface area contributed by atoms with Gasteiger partial charge in [0.25, 0.3) is 6.71 Å². The van der Waals surface area contributed by atoms with E-state index in [0.717, 1.165) is 44.6 Å². The van der Waals surface area contributed by atoms with Crippen molar-refractivity contribution in [2.45, 2.75) is 163 Å². The van der Waals surface area contributed by atoms with Gasteiger partial charge in [0.15, 0.2) is 0 Å². The number of aromatic nitrogens is 1. The molecule has 0 radical (unpaired) electrons. The van der Waals surface area contributed by atoms with E-state index in [0.29, 0.717) is 33.7 Å². The van der Waals surface area contributed by atoms with Crippen molar-refractivity contribution in [3.63, 3.8) is 0 Å². The molecule has 0 atom stereocenters. The van der Waals surface area contributed by atoms with Crippen molar-refractivity contribution in [3.8, 4) is 11.1 Å². The highest BCUT2D eigenvalue weighted by Crippen LogP contribution is 2.52. The van der Waals surface area contributed by atoms with Crippen LogP contribution in [0.15, 0.2) is 103 Å². The summed E-state index contributed by atoms with van der Waals surface area (Å²) in [4.78, 5) is 9.47. The van der Waals surface area contributed by atoms with E-state index < -0.39 is 35.0 Å². The van der Waals surface area contributed by atoms with Gasteiger partial charge in [-0.3, -0.25) is 4.90 Å². The fraction of sp³-hybridized carbons (Fsp3) is 0.403. The second kappa shape index (κ2) is 14.9. The molecular formula is C62H72BN3S. The van der Waals surface area contributed by atoms with Crippen LogP contribution >= 0.6 is 11.3 Å². The molecule has 1 aliphatic carbocycles. The zero-order valence-corrected chi connectivity index (χ0v) is 43.6. The van der Waals surface area contributed by atoms with Crippen LogP contribution in [0.4, 0.5) is 34.3 Å². The van der Waals surface area contributed by atoms with E-state index in [1.165, 1.54) is 11.1 Å². The third kappa shape index (κ3) is 7.49. The molecule has 5 aromatic carbocycles. The molecule has 3 aliphatic rings. The quantitative estimate of drug-likeness (QED) is 0.165. The number of rotatable bonds is 3. The molecule has 2 aliphatic heterocycles. The predicted molar refractivity (Wildman–Crippen MR) is 294 cm³/mol. The second-order valence-electron chi connectivity index (χ2n) is 24.9. The summed E-state index contributed by atoms with van der Waals surface area (Å²) >= 11 is 1.64. The summed E-state index contributed by atoms with van der Waals surface area (Å²) in [6.07, 6.45) is 2.05. The van der Waals surface area contributed by atoms with Crippen molar-refractivity contribution in [2.75, 3.05) is 9.80 Å². The van der Waals surface area contributed by atoms with Gasteiger partial charge in [0, 0.05) is 43.2 Å². The number of fused-ring (bicyclic) bond motifs is 7. The molecule has 0 saturated carbocycles. The first-order valence-electron chi connectivity index (χ1n) is 29.1. The largest absolute Gasteiger partial charge is 0.311 e. The number of pyridine rings is 1. The number of aryl methyl sites for hydroxylation is 1. The third-order valence-corrected chi connectivity index (χ3v) is 15.7. The van der Waals surface area contributed by atoms with E-state index in [1.807, 2.05) is 75.3 Å². The Morgan fingerprint density at radius 2 is 1.18 bits per heavy atom. The van der Waals surface area contributed by atoms with E-state index in [4.69, 9.17) is 4.98 Å². The van der Waals surface area contributed by atoms with Crippen molar-refractivity contribution < 1.29 is 13.7 Å². The molecule has 3 nitrogen and oxygen atoms in total. The molecule has 0 amide bonds. The van der Waals surface area contributed by atoms with Gasteiger partial charge in [0.1, 0.15) is 5.82 Å². The summed E-state index contributed by atoms with van der Waals surface area (Å²) in [6.45, 7) is 34.0. The number of hydrogen-bond donors (Lipinski definition) is 0. The van der Waals surface area contributed by atoms with E-state index in [1.54, 1.807) is 16.2 Å². The maximum absolute atomic E-state index is 10.6. The smallest absolute Gasteiger partial charge is 0.266 e. The van der Waals surface area contributed by atoms with Gasteiger partial charge in [-0.1, -0.05) is 165 Å². The Morgan fingerprint density at radius 1 is 0.597 bits per heavy atom. The fourth-order valence-corrected chi connectivity index (χ4v) is 11.5. The van der Waals surface area contributed by atoms with Crippen LogP contribution < -0.4 is 25.5 Å². The Labute approximate surface area is 421 Å². The first-order valence-corrected chi connectivity index (χ1v) is 24.9. The van der Waals surface area contributed by atoms with E-state index in [9.17, 15) is 13.7 Å². The predicted octanol–water partition coefficient (Wildman–Crippen LogP) is 15.9. The van der Waals surface area contributed by atoms with Gasteiger partial charge in [-0.25, -0.2) is 4.98 Å². The van der Waals surface area contributed by atoms with Crippen LogP contribution in [-0.2, 0) is 32.5 Å². The van der Waals surface area contributed by atoms with Crippen LogP contribution in [0, 0.1) is 6.92 Å². The third-order valence-electron chi connectivity index (χ3n) is 14.5. The van der Waals surface area contributed by atoms with Gasteiger partial charge in [-0.05, 0) is 151 Å². The number of benzene rings is 5. The standard InChI is InChI=1S/C62H72BN3S/c1-37-32-51-53-56(64-37)65(43-25-26-46-47(36-43)62(16,17)31-30-61(46,14)15)54-45-34-41(59(8,9)10)24-29-52(45)67-55(54)63(53)48-35-42(60(11,12)13)23-28-50(48)66(51)49-27-22-40(58(5,6)7)33-44(49)38-18-20-39(21-19-38)57(2,3)4/h18-29,32-36H,30-31H2,1-17H3/i18D,19D,20D,21D,22D,23D,27D,28D,33D,35D. The molecule has 0 bridgehead atoms. The van der Waals surface area contributed by atoms with Crippen molar-refractivity contribution in [1.82, 2.24) is 4.98 Å². The van der Waals surface area contributed by atoms with Gasteiger partial charge in [-0.15, -0.1) is 11.3 Å². The topological polar surface area (TPSA) is 19.4 Å². The first-order chi connectivity index (χ1) is 35.3. The SMILES string of the molecule is [2H]c1c([2H])c(C(C)(C)C)c([2H])c([2H])c1-c1c([2H])c(C(C)(C)C)c([2H])c([2H])c1N1c2cc(C)nc3c2B(c2sc4ccc(C(C)(C)C)cc4c2N3c2ccc3c(c2)C(C)(C)CCC3(C)C)c2c([2H])c(C(C)(C)C)c([2H])c([2H])c21. The summed E-state index contributed by atoms with van der Waals surface area (Å²) in [6, 6.07) is 12.8. The lowest BCUT2D eigenvalue weighted by molar-refractivity contribution is 0.332. The number of nitrogens with zero attached hydrogens (tertiary/aromatic N) is 3. The van der Waals surface area contributed by atoms with Crippen LogP contribution in [0.3, 0.4) is 0 Å². The summed E-state index contributed by atoms with van der Waals surface area (Å²) in [7, 11) is 0. The van der Waals surface area contributed by atoms with Crippen molar-refractivity contribution in [3.05, 3.63) is 142 Å². The van der Waals surface area contributed by atoms with Crippen LogP contribution in [0.2, 0.25) is 0 Å². The molecule has 0 fully saturated rings. The molecule has 10 rings (SSSR count). The summed E-state index contributed by atoms with van der Waals surface area (Å²) < 4.78 is 102. The summed E-state index contributed by atoms with van der Waals surface area (Å²) in [5, 5.41) is 1.02. The summed E-state index contributed by atoms with van der Waals surface area (Å²) in [5.41, 5.74) is 5.30. The van der Waals surface area contributed by atoms with Crippen LogP contribution in [0.25, 0.3) is 21.2 Å². The van der Waals surface area contributed by atoms with E-state index in [-0.39, 0.29) is 98.2 Å². The highest BCUT2D eigenvalue weighted by molar-refractivity contribution is 7.33. The van der Waals surface area contributed by atoms with E-state index >= 15 is 0 Å². The summed E-state index contributed by atoms with van der Waals surface area (Å²) in [5.74, 6) is 0.579. The highest BCUT2D eigenvalue weighted by atomic mass is 32.1. The number of anilines is 6. The Morgan fingerprint density at radius 3 is 1.81 bits per heavy atom.